The van der Waals surface area contributed by atoms with Gasteiger partial charge in [0.2, 0.25) is 5.88 Å². The lowest BCUT2D eigenvalue weighted by Gasteiger charge is -2.07. The highest BCUT2D eigenvalue weighted by Crippen LogP contribution is 2.24. The minimum atomic E-state index is 0.457. The van der Waals surface area contributed by atoms with Crippen molar-refractivity contribution in [2.75, 3.05) is 0 Å². The topological polar surface area (TPSA) is 22.1 Å². The van der Waals surface area contributed by atoms with Gasteiger partial charge in [0.1, 0.15) is 5.75 Å². The van der Waals surface area contributed by atoms with Crippen LogP contribution in [-0.4, -0.2) is 4.98 Å². The highest BCUT2D eigenvalue weighted by Gasteiger charge is 2.02. The summed E-state index contributed by atoms with van der Waals surface area (Å²) in [5, 5.41) is 0. The molecule has 2 rings (SSSR count). The van der Waals surface area contributed by atoms with Crippen molar-refractivity contribution in [3.05, 3.63) is 52.1 Å². The van der Waals surface area contributed by atoms with E-state index in [0.29, 0.717) is 11.8 Å². The minimum Gasteiger partial charge on any atom is -0.439 e. The Hall–Kier alpha value is -1.06. The van der Waals surface area contributed by atoms with Crippen LogP contribution in [0.25, 0.3) is 0 Å². The highest BCUT2D eigenvalue weighted by atomic mass is 79.9. The summed E-state index contributed by atoms with van der Waals surface area (Å²) in [6, 6.07) is 11.4. The van der Waals surface area contributed by atoms with Crippen molar-refractivity contribution in [2.24, 2.45) is 0 Å². The monoisotopic (exact) mass is 311 g/mol. The number of aromatic nitrogens is 1. The Bertz CT molecular complexity index is 531. The fourth-order valence-corrected chi connectivity index (χ4v) is 2.02. The van der Waals surface area contributed by atoms with E-state index >= 15 is 0 Å². The molecule has 0 unspecified atom stereocenters. The Kier molecular flexibility index (Phi) is 4.02. The first-order valence-electron chi connectivity index (χ1n) is 5.14. The average Bonchev–Trinajstić information content (AvgIpc) is 2.28. The van der Waals surface area contributed by atoms with Crippen LogP contribution < -0.4 is 4.74 Å². The first kappa shape index (κ1) is 12.4. The van der Waals surface area contributed by atoms with Gasteiger partial charge in [-0.3, -0.25) is 0 Å². The largest absolute Gasteiger partial charge is 0.439 e. The molecular weight excluding hydrogens is 302 g/mol. The second-order valence-corrected chi connectivity index (χ2v) is 4.83. The number of pyridine rings is 1. The van der Waals surface area contributed by atoms with E-state index in [4.69, 9.17) is 16.3 Å². The number of hydrogen-bond acceptors (Lipinski definition) is 2. The second kappa shape index (κ2) is 5.52. The molecule has 88 valence electrons. The zero-order valence-electron chi connectivity index (χ0n) is 9.28. The molecule has 17 heavy (non-hydrogen) atoms. The Morgan fingerprint density at radius 2 is 2.12 bits per heavy atom. The van der Waals surface area contributed by atoms with Crippen LogP contribution >= 0.6 is 27.5 Å². The van der Waals surface area contributed by atoms with Crippen LogP contribution in [0.2, 0.25) is 0 Å². The van der Waals surface area contributed by atoms with Gasteiger partial charge in [0, 0.05) is 22.1 Å². The molecule has 4 heteroatoms. The molecule has 1 heterocycles. The molecule has 2 aromatic rings. The quantitative estimate of drug-likeness (QED) is 0.767. The van der Waals surface area contributed by atoms with Crippen LogP contribution in [0.5, 0.6) is 11.6 Å². The third kappa shape index (κ3) is 3.45. The van der Waals surface area contributed by atoms with Crippen molar-refractivity contribution in [3.8, 4) is 11.6 Å². The van der Waals surface area contributed by atoms with Crippen molar-refractivity contribution in [2.45, 2.75) is 12.8 Å². The van der Waals surface area contributed by atoms with E-state index in [1.165, 1.54) is 0 Å². The molecule has 0 saturated carbocycles. The van der Waals surface area contributed by atoms with Crippen molar-refractivity contribution in [1.82, 2.24) is 4.98 Å². The third-order valence-electron chi connectivity index (χ3n) is 2.16. The molecule has 1 aromatic heterocycles. The lowest BCUT2D eigenvalue weighted by atomic mass is 10.2. The lowest BCUT2D eigenvalue weighted by molar-refractivity contribution is 0.461. The molecule has 2 nitrogen and oxygen atoms in total. The zero-order chi connectivity index (χ0) is 12.3. The van der Waals surface area contributed by atoms with Gasteiger partial charge in [0.15, 0.2) is 0 Å². The third-order valence-corrected chi connectivity index (χ3v) is 2.96. The van der Waals surface area contributed by atoms with E-state index in [1.54, 1.807) is 0 Å². The lowest BCUT2D eigenvalue weighted by Crippen LogP contribution is -1.92. The van der Waals surface area contributed by atoms with Crippen LogP contribution in [-0.2, 0) is 5.88 Å². The average molecular weight is 313 g/mol. The summed E-state index contributed by atoms with van der Waals surface area (Å²) in [5.74, 6) is 1.77. The van der Waals surface area contributed by atoms with Crippen LogP contribution in [0.15, 0.2) is 40.9 Å². The fraction of sp³-hybridized carbons (Fsp3) is 0.154. The fourth-order valence-electron chi connectivity index (χ4n) is 1.49. The van der Waals surface area contributed by atoms with Gasteiger partial charge in [-0.1, -0.05) is 22.0 Å². The SMILES string of the molecule is Cc1cc(CCl)cc(Oc2cccc(Br)c2)n1. The molecule has 0 amide bonds. The molecule has 0 radical (unpaired) electrons. The van der Waals surface area contributed by atoms with Crippen LogP contribution in [0.1, 0.15) is 11.3 Å². The molecule has 0 spiro atoms. The predicted molar refractivity (Wildman–Crippen MR) is 72.7 cm³/mol. The molecule has 0 bridgehead atoms. The van der Waals surface area contributed by atoms with E-state index in [0.717, 1.165) is 21.5 Å². The summed E-state index contributed by atoms with van der Waals surface area (Å²) in [6.07, 6.45) is 0. The maximum atomic E-state index is 5.81. The molecule has 0 saturated heterocycles. The first-order valence-corrected chi connectivity index (χ1v) is 6.47. The molecule has 0 fully saturated rings. The van der Waals surface area contributed by atoms with Gasteiger partial charge in [-0.15, -0.1) is 11.6 Å². The molecule has 0 aliphatic rings. The van der Waals surface area contributed by atoms with Gasteiger partial charge >= 0.3 is 0 Å². The van der Waals surface area contributed by atoms with Crippen LogP contribution in [0.3, 0.4) is 0 Å². The zero-order valence-corrected chi connectivity index (χ0v) is 11.6. The van der Waals surface area contributed by atoms with Crippen molar-refractivity contribution >= 4 is 27.5 Å². The number of aryl methyl sites for hydroxylation is 1. The standard InChI is InChI=1S/C13H11BrClNO/c1-9-5-10(8-15)6-13(16-9)17-12-4-2-3-11(14)7-12/h2-7H,8H2,1H3. The number of rotatable bonds is 3. The van der Waals surface area contributed by atoms with Gasteiger partial charge in [-0.05, 0) is 36.8 Å². The van der Waals surface area contributed by atoms with Crippen LogP contribution in [0, 0.1) is 6.92 Å². The summed E-state index contributed by atoms with van der Waals surface area (Å²) in [6.45, 7) is 1.92. The maximum Gasteiger partial charge on any atom is 0.219 e. The molecule has 0 aliphatic carbocycles. The molecule has 0 atom stereocenters. The maximum absolute atomic E-state index is 5.81. The smallest absolute Gasteiger partial charge is 0.219 e. The Labute approximate surface area is 114 Å². The first-order chi connectivity index (χ1) is 8.17. The number of benzene rings is 1. The summed E-state index contributed by atoms with van der Waals surface area (Å²) in [7, 11) is 0. The number of ether oxygens (including phenoxy) is 1. The van der Waals surface area contributed by atoms with E-state index in [9.17, 15) is 0 Å². The van der Waals surface area contributed by atoms with E-state index in [1.807, 2.05) is 43.3 Å². The van der Waals surface area contributed by atoms with E-state index in [-0.39, 0.29) is 0 Å². The van der Waals surface area contributed by atoms with E-state index in [2.05, 4.69) is 20.9 Å². The molecule has 1 aromatic carbocycles. The summed E-state index contributed by atoms with van der Waals surface area (Å²) >= 11 is 9.20. The number of halogens is 2. The highest BCUT2D eigenvalue weighted by molar-refractivity contribution is 9.10. The molecular formula is C13H11BrClNO. The molecule has 0 aliphatic heterocycles. The number of nitrogens with zero attached hydrogens (tertiary/aromatic N) is 1. The normalized spacial score (nSPS) is 10.3. The van der Waals surface area contributed by atoms with Crippen molar-refractivity contribution in [1.29, 1.82) is 0 Å². The second-order valence-electron chi connectivity index (χ2n) is 3.65. The van der Waals surface area contributed by atoms with Gasteiger partial charge in [0.25, 0.3) is 0 Å². The number of hydrogen-bond donors (Lipinski definition) is 0. The summed E-state index contributed by atoms with van der Waals surface area (Å²) < 4.78 is 6.66. The molecule has 0 N–H and O–H groups in total. The van der Waals surface area contributed by atoms with Crippen LogP contribution in [0.4, 0.5) is 0 Å². The number of alkyl halides is 1. The van der Waals surface area contributed by atoms with Gasteiger partial charge < -0.3 is 4.74 Å². The van der Waals surface area contributed by atoms with Gasteiger partial charge in [-0.2, -0.15) is 0 Å². The predicted octanol–water partition coefficient (Wildman–Crippen LogP) is 4.68. The summed E-state index contributed by atoms with van der Waals surface area (Å²) in [5.41, 5.74) is 1.90. The van der Waals surface area contributed by atoms with Gasteiger partial charge in [0.05, 0.1) is 0 Å². The Morgan fingerprint density at radius 3 is 2.82 bits per heavy atom. The van der Waals surface area contributed by atoms with Crippen molar-refractivity contribution < 1.29 is 4.74 Å². The minimum absolute atomic E-state index is 0.457. The van der Waals surface area contributed by atoms with E-state index < -0.39 is 0 Å². The van der Waals surface area contributed by atoms with Gasteiger partial charge in [-0.25, -0.2) is 4.98 Å². The van der Waals surface area contributed by atoms with Crippen molar-refractivity contribution in [3.63, 3.8) is 0 Å². The Balaban J connectivity index is 2.26. The summed E-state index contributed by atoms with van der Waals surface area (Å²) in [4.78, 5) is 4.31. The Morgan fingerprint density at radius 1 is 1.29 bits per heavy atom.